The van der Waals surface area contributed by atoms with Gasteiger partial charge in [-0.05, 0) is 66.1 Å². The number of halogens is 1. The molecule has 2 aromatic rings. The molecular weight excluding hydrogens is 379 g/mol. The number of aromatic nitrogens is 3. The second kappa shape index (κ2) is 6.13. The first-order valence-electron chi connectivity index (χ1n) is 7.14. The summed E-state index contributed by atoms with van der Waals surface area (Å²) in [7, 11) is 0. The van der Waals surface area contributed by atoms with Gasteiger partial charge < -0.3 is 4.90 Å². The molecule has 3 rings (SSSR count). The van der Waals surface area contributed by atoms with Crippen molar-refractivity contribution in [3.8, 4) is 0 Å². The van der Waals surface area contributed by atoms with E-state index in [4.69, 9.17) is 0 Å². The van der Waals surface area contributed by atoms with Gasteiger partial charge in [0, 0.05) is 22.2 Å². The van der Waals surface area contributed by atoms with Crippen molar-refractivity contribution < 1.29 is 4.79 Å². The molecular formula is C15H17IN4O. The van der Waals surface area contributed by atoms with Crippen molar-refractivity contribution in [1.82, 2.24) is 14.8 Å². The third-order valence-electron chi connectivity index (χ3n) is 3.76. The van der Waals surface area contributed by atoms with Crippen LogP contribution in [0.2, 0.25) is 0 Å². The van der Waals surface area contributed by atoms with Crippen LogP contribution >= 0.6 is 22.6 Å². The van der Waals surface area contributed by atoms with Gasteiger partial charge in [0.1, 0.15) is 12.2 Å². The molecule has 1 aliphatic heterocycles. The molecule has 0 aliphatic carbocycles. The van der Waals surface area contributed by atoms with Crippen LogP contribution in [0.4, 0.5) is 5.69 Å². The Kier molecular flexibility index (Phi) is 4.23. The van der Waals surface area contributed by atoms with Gasteiger partial charge in [0.25, 0.3) is 0 Å². The monoisotopic (exact) mass is 396 g/mol. The topological polar surface area (TPSA) is 51.0 Å². The fourth-order valence-corrected chi connectivity index (χ4v) is 3.26. The second-order valence-electron chi connectivity index (χ2n) is 5.10. The molecule has 0 unspecified atom stereocenters. The Morgan fingerprint density at radius 1 is 1.33 bits per heavy atom. The molecule has 2 heterocycles. The third-order valence-corrected chi connectivity index (χ3v) is 4.44. The summed E-state index contributed by atoms with van der Waals surface area (Å²) in [6, 6.07) is 6.27. The number of nitrogens with zero attached hydrogens (tertiary/aromatic N) is 4. The Balaban J connectivity index is 1.98. The minimum atomic E-state index is 0.167. The van der Waals surface area contributed by atoms with E-state index in [0.717, 1.165) is 30.9 Å². The summed E-state index contributed by atoms with van der Waals surface area (Å²) >= 11 is 2.31. The van der Waals surface area contributed by atoms with E-state index >= 15 is 0 Å². The first-order chi connectivity index (χ1) is 10.2. The Morgan fingerprint density at radius 3 is 3.00 bits per heavy atom. The van der Waals surface area contributed by atoms with Gasteiger partial charge in [-0.1, -0.05) is 0 Å². The first kappa shape index (κ1) is 14.5. The number of rotatable bonds is 3. The molecule has 0 fully saturated rings. The van der Waals surface area contributed by atoms with Gasteiger partial charge in [0.05, 0.1) is 6.54 Å². The third kappa shape index (κ3) is 2.95. The molecule has 1 aliphatic rings. The highest BCUT2D eigenvalue weighted by molar-refractivity contribution is 14.1. The highest BCUT2D eigenvalue weighted by Crippen LogP contribution is 2.29. The zero-order valence-electron chi connectivity index (χ0n) is 11.9. The summed E-state index contributed by atoms with van der Waals surface area (Å²) in [5.74, 6) is 0.998. The minimum absolute atomic E-state index is 0.167. The van der Waals surface area contributed by atoms with Crippen LogP contribution in [0.3, 0.4) is 0 Å². The average molecular weight is 396 g/mol. The van der Waals surface area contributed by atoms with E-state index in [-0.39, 0.29) is 5.91 Å². The standard InChI is InChI=1S/C15H17IN4O/c1-2-20-14(17-10-18-20)9-19-13-7-6-12(16)8-11(13)4-3-5-15(19)21/h6-8,10H,2-5,9H2,1H3. The fourth-order valence-electron chi connectivity index (χ4n) is 2.71. The van der Waals surface area contributed by atoms with E-state index in [2.05, 4.69) is 44.8 Å². The van der Waals surface area contributed by atoms with E-state index in [9.17, 15) is 4.79 Å². The van der Waals surface area contributed by atoms with E-state index in [1.165, 1.54) is 9.13 Å². The Bertz CT molecular complexity index is 667. The van der Waals surface area contributed by atoms with Crippen molar-refractivity contribution >= 4 is 34.2 Å². The average Bonchev–Trinajstić information content (AvgIpc) is 2.86. The van der Waals surface area contributed by atoms with E-state index in [1.54, 1.807) is 6.33 Å². The van der Waals surface area contributed by atoms with Crippen LogP contribution in [0, 0.1) is 3.57 Å². The number of aryl methyl sites for hydroxylation is 2. The van der Waals surface area contributed by atoms with Crippen molar-refractivity contribution in [2.75, 3.05) is 4.90 Å². The molecule has 1 aromatic heterocycles. The summed E-state index contributed by atoms with van der Waals surface area (Å²) in [6.45, 7) is 3.27. The number of benzene rings is 1. The Labute approximate surface area is 137 Å². The molecule has 0 bridgehead atoms. The van der Waals surface area contributed by atoms with Gasteiger partial charge in [0.2, 0.25) is 5.91 Å². The molecule has 0 spiro atoms. The molecule has 0 N–H and O–H groups in total. The van der Waals surface area contributed by atoms with Crippen LogP contribution in [0.1, 0.15) is 31.2 Å². The van der Waals surface area contributed by atoms with Crippen molar-refractivity contribution in [1.29, 1.82) is 0 Å². The molecule has 0 radical (unpaired) electrons. The van der Waals surface area contributed by atoms with Crippen molar-refractivity contribution in [3.05, 3.63) is 39.5 Å². The maximum atomic E-state index is 12.5. The summed E-state index contributed by atoms with van der Waals surface area (Å²) < 4.78 is 3.04. The number of amides is 1. The number of hydrogen-bond donors (Lipinski definition) is 0. The summed E-state index contributed by atoms with van der Waals surface area (Å²) in [5.41, 5.74) is 2.26. The van der Waals surface area contributed by atoms with Gasteiger partial charge >= 0.3 is 0 Å². The van der Waals surface area contributed by atoms with Crippen LogP contribution in [0.25, 0.3) is 0 Å². The molecule has 110 valence electrons. The molecule has 0 atom stereocenters. The zero-order chi connectivity index (χ0) is 14.8. The lowest BCUT2D eigenvalue weighted by Crippen LogP contribution is -2.31. The summed E-state index contributed by atoms with van der Waals surface area (Å²) in [6.07, 6.45) is 4.00. The first-order valence-corrected chi connectivity index (χ1v) is 8.22. The maximum Gasteiger partial charge on any atom is 0.227 e. The van der Waals surface area contributed by atoms with Gasteiger partial charge in [-0.3, -0.25) is 4.79 Å². The van der Waals surface area contributed by atoms with Crippen LogP contribution < -0.4 is 4.90 Å². The van der Waals surface area contributed by atoms with E-state index in [0.29, 0.717) is 13.0 Å². The number of carbonyl (C=O) groups is 1. The quantitative estimate of drug-likeness (QED) is 0.750. The molecule has 5 nitrogen and oxygen atoms in total. The van der Waals surface area contributed by atoms with Gasteiger partial charge in [0.15, 0.2) is 0 Å². The predicted molar refractivity (Wildman–Crippen MR) is 89.0 cm³/mol. The fraction of sp³-hybridized carbons (Fsp3) is 0.400. The van der Waals surface area contributed by atoms with E-state index < -0.39 is 0 Å². The van der Waals surface area contributed by atoms with Crippen LogP contribution in [0.5, 0.6) is 0 Å². The largest absolute Gasteiger partial charge is 0.305 e. The highest BCUT2D eigenvalue weighted by Gasteiger charge is 2.23. The molecule has 1 aromatic carbocycles. The van der Waals surface area contributed by atoms with Crippen molar-refractivity contribution in [3.63, 3.8) is 0 Å². The van der Waals surface area contributed by atoms with Crippen LogP contribution in [-0.4, -0.2) is 20.7 Å². The summed E-state index contributed by atoms with van der Waals surface area (Å²) in [4.78, 5) is 18.6. The van der Waals surface area contributed by atoms with Gasteiger partial charge in [-0.25, -0.2) is 9.67 Å². The molecule has 0 saturated carbocycles. The minimum Gasteiger partial charge on any atom is -0.305 e. The van der Waals surface area contributed by atoms with E-state index in [1.807, 2.05) is 22.6 Å². The van der Waals surface area contributed by atoms with Crippen LogP contribution in [0.15, 0.2) is 24.5 Å². The molecule has 21 heavy (non-hydrogen) atoms. The lowest BCUT2D eigenvalue weighted by Gasteiger charge is -2.23. The predicted octanol–water partition coefficient (Wildman–Crippen LogP) is 2.77. The van der Waals surface area contributed by atoms with Crippen molar-refractivity contribution in [2.24, 2.45) is 0 Å². The number of carbonyl (C=O) groups excluding carboxylic acids is 1. The SMILES string of the molecule is CCn1ncnc1CN1C(=O)CCCc2cc(I)ccc21. The number of fused-ring (bicyclic) bond motifs is 1. The Morgan fingerprint density at radius 2 is 2.19 bits per heavy atom. The van der Waals surface area contributed by atoms with Crippen molar-refractivity contribution in [2.45, 2.75) is 39.3 Å². The lowest BCUT2D eigenvalue weighted by molar-refractivity contribution is -0.118. The smallest absolute Gasteiger partial charge is 0.227 e. The Hall–Kier alpha value is -1.44. The van der Waals surface area contributed by atoms with Gasteiger partial charge in [-0.2, -0.15) is 5.10 Å². The van der Waals surface area contributed by atoms with Crippen LogP contribution in [-0.2, 0) is 24.3 Å². The zero-order valence-corrected chi connectivity index (χ0v) is 14.1. The number of hydrogen-bond acceptors (Lipinski definition) is 3. The second-order valence-corrected chi connectivity index (χ2v) is 6.34. The molecule has 1 amide bonds. The lowest BCUT2D eigenvalue weighted by atomic mass is 10.1. The number of anilines is 1. The highest BCUT2D eigenvalue weighted by atomic mass is 127. The molecule has 6 heteroatoms. The normalized spacial score (nSPS) is 15.0. The maximum absolute atomic E-state index is 12.5. The molecule has 0 saturated heterocycles. The summed E-state index contributed by atoms with van der Waals surface area (Å²) in [5, 5.41) is 4.19. The van der Waals surface area contributed by atoms with Gasteiger partial charge in [-0.15, -0.1) is 0 Å².